The molecule has 1 aromatic carbocycles. The molecular formula is C17H26FN. The first-order chi connectivity index (χ1) is 8.96. The molecular weight excluding hydrogens is 237 g/mol. The molecule has 0 saturated heterocycles. The normalized spacial score (nSPS) is 26.3. The largest absolute Gasteiger partial charge is 0.314 e. The van der Waals surface area contributed by atoms with Crippen LogP contribution in [0.15, 0.2) is 24.3 Å². The molecule has 1 aliphatic carbocycles. The van der Waals surface area contributed by atoms with E-state index in [9.17, 15) is 4.39 Å². The summed E-state index contributed by atoms with van der Waals surface area (Å²) < 4.78 is 13.5. The third kappa shape index (κ3) is 4.31. The van der Waals surface area contributed by atoms with Crippen molar-refractivity contribution in [2.45, 2.75) is 52.5 Å². The number of hydrogen-bond donors (Lipinski definition) is 1. The van der Waals surface area contributed by atoms with Gasteiger partial charge in [-0.05, 0) is 55.2 Å². The highest BCUT2D eigenvalue weighted by Gasteiger charge is 2.31. The summed E-state index contributed by atoms with van der Waals surface area (Å²) in [4.78, 5) is 0. The molecule has 0 radical (unpaired) electrons. The molecule has 0 bridgehead atoms. The fraction of sp³-hybridized carbons (Fsp3) is 0.647. The van der Waals surface area contributed by atoms with Gasteiger partial charge in [0.05, 0.1) is 0 Å². The van der Waals surface area contributed by atoms with Crippen LogP contribution in [0.5, 0.6) is 0 Å². The maximum atomic E-state index is 13.5. The van der Waals surface area contributed by atoms with E-state index >= 15 is 0 Å². The first-order valence-electron chi connectivity index (χ1n) is 7.43. The summed E-state index contributed by atoms with van der Waals surface area (Å²) in [6.45, 7) is 7.92. The van der Waals surface area contributed by atoms with Crippen LogP contribution in [0.2, 0.25) is 0 Å². The Kier molecular flexibility index (Phi) is 4.62. The van der Waals surface area contributed by atoms with Crippen LogP contribution in [0.1, 0.15) is 45.6 Å². The third-order valence-electron chi connectivity index (χ3n) is 4.17. The van der Waals surface area contributed by atoms with Gasteiger partial charge >= 0.3 is 0 Å². The first kappa shape index (κ1) is 14.5. The Morgan fingerprint density at radius 1 is 1.26 bits per heavy atom. The van der Waals surface area contributed by atoms with Crippen molar-refractivity contribution in [2.24, 2.45) is 11.3 Å². The Labute approximate surface area is 116 Å². The smallest absolute Gasteiger partial charge is 0.126 e. The van der Waals surface area contributed by atoms with Crippen molar-refractivity contribution in [3.8, 4) is 0 Å². The molecule has 106 valence electrons. The Morgan fingerprint density at radius 2 is 2.00 bits per heavy atom. The van der Waals surface area contributed by atoms with Crippen LogP contribution in [0.4, 0.5) is 4.39 Å². The highest BCUT2D eigenvalue weighted by molar-refractivity contribution is 5.17. The van der Waals surface area contributed by atoms with Crippen molar-refractivity contribution in [2.75, 3.05) is 6.54 Å². The topological polar surface area (TPSA) is 12.0 Å². The van der Waals surface area contributed by atoms with Crippen LogP contribution in [-0.2, 0) is 6.42 Å². The summed E-state index contributed by atoms with van der Waals surface area (Å²) in [5, 5.41) is 3.62. The van der Waals surface area contributed by atoms with E-state index in [-0.39, 0.29) is 5.82 Å². The maximum absolute atomic E-state index is 13.5. The number of rotatable bonds is 4. The van der Waals surface area contributed by atoms with Gasteiger partial charge in [-0.2, -0.15) is 0 Å². The molecule has 1 N–H and O–H groups in total. The molecule has 0 aromatic heterocycles. The highest BCUT2D eigenvalue weighted by Crippen LogP contribution is 2.38. The van der Waals surface area contributed by atoms with Crippen LogP contribution in [0.3, 0.4) is 0 Å². The Morgan fingerprint density at radius 3 is 2.68 bits per heavy atom. The summed E-state index contributed by atoms with van der Waals surface area (Å²) in [5.41, 5.74) is 1.26. The molecule has 1 aromatic rings. The minimum absolute atomic E-state index is 0.0818. The molecule has 2 rings (SSSR count). The molecule has 19 heavy (non-hydrogen) atoms. The van der Waals surface area contributed by atoms with E-state index in [1.54, 1.807) is 12.1 Å². The Hall–Kier alpha value is -0.890. The van der Waals surface area contributed by atoms with Gasteiger partial charge in [-0.3, -0.25) is 0 Å². The zero-order valence-corrected chi connectivity index (χ0v) is 12.4. The quantitative estimate of drug-likeness (QED) is 0.859. The van der Waals surface area contributed by atoms with Gasteiger partial charge in [-0.15, -0.1) is 0 Å². The lowest BCUT2D eigenvalue weighted by molar-refractivity contribution is 0.152. The predicted octanol–water partition coefficient (Wildman–Crippen LogP) is 4.17. The van der Waals surface area contributed by atoms with Crippen molar-refractivity contribution in [3.63, 3.8) is 0 Å². The van der Waals surface area contributed by atoms with E-state index in [0.717, 1.165) is 24.4 Å². The molecule has 1 saturated carbocycles. The van der Waals surface area contributed by atoms with Crippen LogP contribution in [0, 0.1) is 17.2 Å². The summed E-state index contributed by atoms with van der Waals surface area (Å²) >= 11 is 0. The molecule has 0 aliphatic heterocycles. The monoisotopic (exact) mass is 263 g/mol. The van der Waals surface area contributed by atoms with Gasteiger partial charge < -0.3 is 5.32 Å². The molecule has 1 aliphatic rings. The van der Waals surface area contributed by atoms with Gasteiger partial charge in [-0.25, -0.2) is 4.39 Å². The summed E-state index contributed by atoms with van der Waals surface area (Å²) in [5.74, 6) is 0.705. The second-order valence-corrected chi connectivity index (χ2v) is 6.91. The maximum Gasteiger partial charge on any atom is 0.126 e. The minimum atomic E-state index is -0.0818. The number of hydrogen-bond acceptors (Lipinski definition) is 1. The van der Waals surface area contributed by atoms with Gasteiger partial charge in [0, 0.05) is 6.04 Å². The summed E-state index contributed by atoms with van der Waals surface area (Å²) in [6, 6.07) is 7.67. The van der Waals surface area contributed by atoms with E-state index < -0.39 is 0 Å². The standard InChI is InChI=1S/C17H26FN/c1-13-10-15(12-17(2,3)11-13)19-9-8-14-6-4-5-7-16(14)18/h4-7,13,15,19H,8-12H2,1-3H3. The highest BCUT2D eigenvalue weighted by atomic mass is 19.1. The average molecular weight is 263 g/mol. The second kappa shape index (κ2) is 6.04. The van der Waals surface area contributed by atoms with E-state index in [1.165, 1.54) is 19.3 Å². The SMILES string of the molecule is CC1CC(NCCc2ccccc2F)CC(C)(C)C1. The van der Waals surface area contributed by atoms with Crippen LogP contribution in [-0.4, -0.2) is 12.6 Å². The lowest BCUT2D eigenvalue weighted by Gasteiger charge is -2.39. The Balaban J connectivity index is 1.81. The van der Waals surface area contributed by atoms with E-state index in [2.05, 4.69) is 26.1 Å². The number of nitrogens with one attached hydrogen (secondary N) is 1. The minimum Gasteiger partial charge on any atom is -0.314 e. The van der Waals surface area contributed by atoms with Crippen LogP contribution >= 0.6 is 0 Å². The molecule has 2 atom stereocenters. The molecule has 1 fully saturated rings. The summed E-state index contributed by atoms with van der Waals surface area (Å²) in [6.07, 6.45) is 4.58. The lowest BCUT2D eigenvalue weighted by Crippen LogP contribution is -2.40. The third-order valence-corrected chi connectivity index (χ3v) is 4.17. The molecule has 0 spiro atoms. The summed E-state index contributed by atoms with van der Waals surface area (Å²) in [7, 11) is 0. The van der Waals surface area contributed by atoms with Crippen molar-refractivity contribution in [1.29, 1.82) is 0 Å². The molecule has 0 amide bonds. The number of halogens is 1. The van der Waals surface area contributed by atoms with Crippen molar-refractivity contribution in [1.82, 2.24) is 5.32 Å². The van der Waals surface area contributed by atoms with Crippen molar-refractivity contribution >= 4 is 0 Å². The number of benzene rings is 1. The predicted molar refractivity (Wildman–Crippen MR) is 78.7 cm³/mol. The van der Waals surface area contributed by atoms with Crippen LogP contribution < -0.4 is 5.32 Å². The van der Waals surface area contributed by atoms with Crippen molar-refractivity contribution < 1.29 is 4.39 Å². The van der Waals surface area contributed by atoms with E-state index in [0.29, 0.717) is 11.5 Å². The van der Waals surface area contributed by atoms with Gasteiger partial charge in [0.25, 0.3) is 0 Å². The molecule has 0 heterocycles. The fourth-order valence-electron chi connectivity index (χ4n) is 3.61. The van der Waals surface area contributed by atoms with Gasteiger partial charge in [0.2, 0.25) is 0 Å². The van der Waals surface area contributed by atoms with Gasteiger partial charge in [0.15, 0.2) is 0 Å². The van der Waals surface area contributed by atoms with E-state index in [1.807, 2.05) is 12.1 Å². The zero-order chi connectivity index (χ0) is 13.9. The first-order valence-corrected chi connectivity index (χ1v) is 7.43. The van der Waals surface area contributed by atoms with Gasteiger partial charge in [-0.1, -0.05) is 39.0 Å². The molecule has 1 nitrogen and oxygen atoms in total. The fourth-order valence-corrected chi connectivity index (χ4v) is 3.61. The molecule has 2 unspecified atom stereocenters. The van der Waals surface area contributed by atoms with E-state index in [4.69, 9.17) is 0 Å². The van der Waals surface area contributed by atoms with Crippen LogP contribution in [0.25, 0.3) is 0 Å². The van der Waals surface area contributed by atoms with Gasteiger partial charge in [0.1, 0.15) is 5.82 Å². The lowest BCUT2D eigenvalue weighted by atomic mass is 9.70. The second-order valence-electron chi connectivity index (χ2n) is 6.91. The zero-order valence-electron chi connectivity index (χ0n) is 12.4. The molecule has 2 heteroatoms. The Bertz CT molecular complexity index is 413. The van der Waals surface area contributed by atoms with Crippen molar-refractivity contribution in [3.05, 3.63) is 35.6 Å². The average Bonchev–Trinajstić information content (AvgIpc) is 2.29.